The van der Waals surface area contributed by atoms with Gasteiger partial charge in [-0.15, -0.1) is 0 Å². The van der Waals surface area contributed by atoms with Gasteiger partial charge in [-0.1, -0.05) is 12.1 Å². The van der Waals surface area contributed by atoms with Gasteiger partial charge in [0.25, 0.3) is 0 Å². The molecule has 2 rings (SSSR count). The molecule has 94 valence electrons. The third kappa shape index (κ3) is 2.66. The fourth-order valence-corrected chi connectivity index (χ4v) is 2.31. The first-order valence-electron chi connectivity index (χ1n) is 6.15. The van der Waals surface area contributed by atoms with Crippen LogP contribution in [0.3, 0.4) is 0 Å². The second-order valence-corrected chi connectivity index (χ2v) is 4.59. The fraction of sp³-hybridized carbons (Fsp3) is 0.667. The molecular weight excluding hydrogens is 218 g/mol. The summed E-state index contributed by atoms with van der Waals surface area (Å²) in [5, 5.41) is 10.0. The Balaban J connectivity index is 1.93. The van der Waals surface area contributed by atoms with Gasteiger partial charge < -0.3 is 15.2 Å². The second kappa shape index (κ2) is 5.31. The van der Waals surface area contributed by atoms with E-state index in [0.717, 1.165) is 38.0 Å². The number of nitrogens with zero attached hydrogens (tertiary/aromatic N) is 1. The van der Waals surface area contributed by atoms with E-state index in [9.17, 15) is 4.79 Å². The van der Waals surface area contributed by atoms with Gasteiger partial charge in [0.15, 0.2) is 0 Å². The lowest BCUT2D eigenvalue weighted by atomic mass is 9.77. The smallest absolute Gasteiger partial charge is 0.227 e. The molecule has 1 aliphatic heterocycles. The van der Waals surface area contributed by atoms with Crippen molar-refractivity contribution in [3.05, 3.63) is 18.0 Å². The molecule has 1 amide bonds. The molecular formula is C12H19N3O2. The topological polar surface area (TPSA) is 67.2 Å². The Morgan fingerprint density at radius 2 is 2.59 bits per heavy atom. The zero-order valence-corrected chi connectivity index (χ0v) is 10.2. The number of hydrogen-bond acceptors (Lipinski definition) is 4. The van der Waals surface area contributed by atoms with E-state index in [4.69, 9.17) is 4.52 Å². The maximum absolute atomic E-state index is 12.2. The summed E-state index contributed by atoms with van der Waals surface area (Å²) in [6.07, 6.45) is 4.40. The van der Waals surface area contributed by atoms with Crippen LogP contribution < -0.4 is 10.6 Å². The Bertz CT molecular complexity index is 356. The van der Waals surface area contributed by atoms with Gasteiger partial charge in [-0.2, -0.15) is 0 Å². The largest absolute Gasteiger partial charge is 0.364 e. The van der Waals surface area contributed by atoms with Gasteiger partial charge in [-0.25, -0.2) is 0 Å². The van der Waals surface area contributed by atoms with Gasteiger partial charge >= 0.3 is 0 Å². The van der Waals surface area contributed by atoms with Gasteiger partial charge in [0.2, 0.25) is 5.91 Å². The number of carbonyl (C=O) groups excluding carboxylic acids is 1. The maximum Gasteiger partial charge on any atom is 0.227 e. The standard InChI is InChI=1S/C12H19N3O2/c1-2-12(5-3-6-13-9-12)11(16)14-8-10-4-7-17-15-10/h4,7,13H,2-3,5-6,8-9H2,1H3,(H,14,16). The Morgan fingerprint density at radius 1 is 1.71 bits per heavy atom. The monoisotopic (exact) mass is 237 g/mol. The average Bonchev–Trinajstić information content (AvgIpc) is 2.90. The SMILES string of the molecule is CCC1(C(=O)NCc2ccon2)CCCNC1. The molecule has 0 saturated carbocycles. The van der Waals surface area contributed by atoms with Gasteiger partial charge in [-0.3, -0.25) is 4.79 Å². The Kier molecular flexibility index (Phi) is 3.78. The van der Waals surface area contributed by atoms with Crippen molar-refractivity contribution in [3.63, 3.8) is 0 Å². The molecule has 5 nitrogen and oxygen atoms in total. The molecule has 5 heteroatoms. The highest BCUT2D eigenvalue weighted by atomic mass is 16.5. The van der Waals surface area contributed by atoms with E-state index in [2.05, 4.69) is 22.7 Å². The van der Waals surface area contributed by atoms with E-state index < -0.39 is 0 Å². The number of piperidine rings is 1. The summed E-state index contributed by atoms with van der Waals surface area (Å²) < 4.78 is 4.73. The summed E-state index contributed by atoms with van der Waals surface area (Å²) in [6.45, 7) is 4.30. The molecule has 1 saturated heterocycles. The predicted octanol–water partition coefficient (Wildman–Crippen LogP) is 1.07. The lowest BCUT2D eigenvalue weighted by molar-refractivity contribution is -0.132. The molecule has 0 bridgehead atoms. The third-order valence-corrected chi connectivity index (χ3v) is 3.55. The molecule has 1 aliphatic rings. The minimum atomic E-state index is -0.248. The third-order valence-electron chi connectivity index (χ3n) is 3.55. The van der Waals surface area contributed by atoms with Crippen LogP contribution in [0.5, 0.6) is 0 Å². The van der Waals surface area contributed by atoms with Crippen molar-refractivity contribution >= 4 is 5.91 Å². The normalized spacial score (nSPS) is 24.5. The molecule has 0 aromatic carbocycles. The summed E-state index contributed by atoms with van der Waals surface area (Å²) >= 11 is 0. The summed E-state index contributed by atoms with van der Waals surface area (Å²) in [7, 11) is 0. The number of rotatable bonds is 4. The van der Waals surface area contributed by atoms with Gasteiger partial charge in [0.1, 0.15) is 12.0 Å². The zero-order valence-electron chi connectivity index (χ0n) is 10.2. The van der Waals surface area contributed by atoms with Gasteiger partial charge in [-0.05, 0) is 25.8 Å². The van der Waals surface area contributed by atoms with Crippen LogP contribution in [0.1, 0.15) is 31.9 Å². The average molecular weight is 237 g/mol. The summed E-state index contributed by atoms with van der Waals surface area (Å²) in [6, 6.07) is 1.76. The van der Waals surface area contributed by atoms with Crippen LogP contribution >= 0.6 is 0 Å². The Morgan fingerprint density at radius 3 is 3.18 bits per heavy atom. The van der Waals surface area contributed by atoms with Crippen molar-refractivity contribution in [2.75, 3.05) is 13.1 Å². The molecule has 1 aromatic heterocycles. The van der Waals surface area contributed by atoms with Crippen molar-refractivity contribution in [2.24, 2.45) is 5.41 Å². The van der Waals surface area contributed by atoms with Gasteiger partial charge in [0, 0.05) is 12.6 Å². The lowest BCUT2D eigenvalue weighted by Crippen LogP contribution is -2.50. The van der Waals surface area contributed by atoms with Crippen LogP contribution in [0.15, 0.2) is 16.9 Å². The van der Waals surface area contributed by atoms with Crippen molar-refractivity contribution < 1.29 is 9.32 Å². The minimum Gasteiger partial charge on any atom is -0.364 e. The van der Waals surface area contributed by atoms with Crippen LogP contribution in [-0.4, -0.2) is 24.2 Å². The number of hydrogen-bond donors (Lipinski definition) is 2. The first kappa shape index (κ1) is 12.1. The highest BCUT2D eigenvalue weighted by Gasteiger charge is 2.37. The number of nitrogens with one attached hydrogen (secondary N) is 2. The molecule has 0 aliphatic carbocycles. The molecule has 1 aromatic rings. The van der Waals surface area contributed by atoms with E-state index in [0.29, 0.717) is 6.54 Å². The molecule has 2 heterocycles. The van der Waals surface area contributed by atoms with E-state index >= 15 is 0 Å². The zero-order chi connectivity index (χ0) is 12.1. The van der Waals surface area contributed by atoms with Crippen molar-refractivity contribution in [1.82, 2.24) is 15.8 Å². The molecule has 2 N–H and O–H groups in total. The predicted molar refractivity (Wildman–Crippen MR) is 63.2 cm³/mol. The van der Waals surface area contributed by atoms with Crippen LogP contribution in [0, 0.1) is 5.41 Å². The Hall–Kier alpha value is -1.36. The van der Waals surface area contributed by atoms with Crippen LogP contribution in [0.25, 0.3) is 0 Å². The van der Waals surface area contributed by atoms with E-state index in [1.54, 1.807) is 6.07 Å². The number of carbonyl (C=O) groups is 1. The van der Waals surface area contributed by atoms with Crippen LogP contribution in [0.4, 0.5) is 0 Å². The maximum atomic E-state index is 12.2. The minimum absolute atomic E-state index is 0.121. The van der Waals surface area contributed by atoms with E-state index in [1.165, 1.54) is 6.26 Å². The Labute approximate surface area is 101 Å². The fourth-order valence-electron chi connectivity index (χ4n) is 2.31. The molecule has 0 spiro atoms. The molecule has 1 fully saturated rings. The van der Waals surface area contributed by atoms with Crippen molar-refractivity contribution in [1.29, 1.82) is 0 Å². The lowest BCUT2D eigenvalue weighted by Gasteiger charge is -2.35. The van der Waals surface area contributed by atoms with E-state index in [1.807, 2.05) is 0 Å². The molecule has 1 atom stereocenters. The van der Waals surface area contributed by atoms with E-state index in [-0.39, 0.29) is 11.3 Å². The first-order chi connectivity index (χ1) is 8.27. The summed E-state index contributed by atoms with van der Waals surface area (Å²) in [5.74, 6) is 0.121. The van der Waals surface area contributed by atoms with Gasteiger partial charge in [0.05, 0.1) is 12.0 Å². The van der Waals surface area contributed by atoms with Crippen LogP contribution in [-0.2, 0) is 11.3 Å². The summed E-state index contributed by atoms with van der Waals surface area (Å²) in [4.78, 5) is 12.2. The quantitative estimate of drug-likeness (QED) is 0.822. The van der Waals surface area contributed by atoms with Crippen molar-refractivity contribution in [2.45, 2.75) is 32.7 Å². The number of amides is 1. The number of aromatic nitrogens is 1. The molecule has 1 unspecified atom stereocenters. The molecule has 17 heavy (non-hydrogen) atoms. The highest BCUT2D eigenvalue weighted by Crippen LogP contribution is 2.30. The summed E-state index contributed by atoms with van der Waals surface area (Å²) in [5.41, 5.74) is 0.510. The highest BCUT2D eigenvalue weighted by molar-refractivity contribution is 5.82. The molecule has 0 radical (unpaired) electrons. The van der Waals surface area contributed by atoms with Crippen LogP contribution in [0.2, 0.25) is 0 Å². The van der Waals surface area contributed by atoms with Crippen molar-refractivity contribution in [3.8, 4) is 0 Å². The first-order valence-corrected chi connectivity index (χ1v) is 6.15. The second-order valence-electron chi connectivity index (χ2n) is 4.59.